The largest absolute Gasteiger partial charge is 0.508 e. The van der Waals surface area contributed by atoms with Crippen LogP contribution in [0.1, 0.15) is 30.5 Å². The van der Waals surface area contributed by atoms with E-state index in [0.29, 0.717) is 5.56 Å². The van der Waals surface area contributed by atoms with Crippen LogP contribution in [-0.2, 0) is 33.5 Å². The van der Waals surface area contributed by atoms with Crippen molar-refractivity contribution < 1.29 is 18.3 Å². The minimum Gasteiger partial charge on any atom is -0.508 e. The highest BCUT2D eigenvalue weighted by Gasteiger charge is 2.15. The van der Waals surface area contributed by atoms with Gasteiger partial charge in [-0.05, 0) is 42.7 Å². The van der Waals surface area contributed by atoms with Gasteiger partial charge in [0.25, 0.3) is 0 Å². The molecule has 6 nitrogen and oxygen atoms in total. The Labute approximate surface area is 154 Å². The van der Waals surface area contributed by atoms with Crippen LogP contribution in [-0.4, -0.2) is 25.5 Å². The van der Waals surface area contributed by atoms with Crippen molar-refractivity contribution in [2.45, 2.75) is 38.6 Å². The van der Waals surface area contributed by atoms with Gasteiger partial charge < -0.3 is 10.4 Å². The van der Waals surface area contributed by atoms with E-state index in [-0.39, 0.29) is 36.4 Å². The van der Waals surface area contributed by atoms with E-state index in [1.165, 1.54) is 12.1 Å². The molecule has 2 aromatic carbocycles. The van der Waals surface area contributed by atoms with Crippen LogP contribution in [0.5, 0.6) is 5.75 Å². The molecule has 1 amide bonds. The summed E-state index contributed by atoms with van der Waals surface area (Å²) in [5.74, 6) is -0.150. The summed E-state index contributed by atoms with van der Waals surface area (Å²) in [6.07, 6.45) is 0.190. The Morgan fingerprint density at radius 2 is 1.65 bits per heavy atom. The molecule has 2 rings (SSSR count). The first kappa shape index (κ1) is 19.9. The van der Waals surface area contributed by atoms with Crippen molar-refractivity contribution in [3.63, 3.8) is 0 Å². The molecule has 26 heavy (non-hydrogen) atoms. The molecule has 0 saturated heterocycles. The van der Waals surface area contributed by atoms with Gasteiger partial charge in [-0.2, -0.15) is 0 Å². The number of amides is 1. The molecule has 7 heteroatoms. The minimum atomic E-state index is -3.43. The molecule has 0 fully saturated rings. The highest BCUT2D eigenvalue weighted by molar-refractivity contribution is 7.88. The summed E-state index contributed by atoms with van der Waals surface area (Å²) in [6, 6.07) is 13.4. The molecule has 0 aliphatic heterocycles. The van der Waals surface area contributed by atoms with E-state index in [1.54, 1.807) is 44.2 Å². The van der Waals surface area contributed by atoms with Gasteiger partial charge in [-0.3, -0.25) is 4.79 Å². The van der Waals surface area contributed by atoms with Crippen LogP contribution in [0.3, 0.4) is 0 Å². The van der Waals surface area contributed by atoms with Crippen molar-refractivity contribution in [1.82, 2.24) is 10.0 Å². The Morgan fingerprint density at radius 1 is 1.04 bits per heavy atom. The SMILES string of the molecule is CC(C)NS(=O)(=O)Cc1ccccc1CNC(=O)Cc1ccc(O)cc1. The van der Waals surface area contributed by atoms with E-state index in [2.05, 4.69) is 10.0 Å². The number of aromatic hydroxyl groups is 1. The van der Waals surface area contributed by atoms with Gasteiger partial charge in [0.1, 0.15) is 5.75 Å². The number of carbonyl (C=O) groups is 1. The molecule has 0 atom stereocenters. The Bertz CT molecular complexity index is 846. The maximum atomic E-state index is 12.2. The van der Waals surface area contributed by atoms with Gasteiger partial charge >= 0.3 is 0 Å². The molecular formula is C19H24N2O4S. The van der Waals surface area contributed by atoms with E-state index in [4.69, 9.17) is 0 Å². The number of rotatable bonds is 8. The lowest BCUT2D eigenvalue weighted by molar-refractivity contribution is -0.120. The lowest BCUT2D eigenvalue weighted by Crippen LogP contribution is -2.32. The molecule has 0 spiro atoms. The predicted octanol–water partition coefficient (Wildman–Crippen LogP) is 2.08. The monoisotopic (exact) mass is 376 g/mol. The normalized spacial score (nSPS) is 11.5. The van der Waals surface area contributed by atoms with Crippen LogP contribution in [0.15, 0.2) is 48.5 Å². The molecule has 0 saturated carbocycles. The Morgan fingerprint density at radius 3 is 2.27 bits per heavy atom. The number of phenolic OH excluding ortho intramolecular Hbond substituents is 1. The van der Waals surface area contributed by atoms with E-state index in [0.717, 1.165) is 11.1 Å². The van der Waals surface area contributed by atoms with Crippen LogP contribution in [0, 0.1) is 0 Å². The van der Waals surface area contributed by atoms with E-state index < -0.39 is 10.0 Å². The second kappa shape index (κ2) is 8.82. The van der Waals surface area contributed by atoms with Gasteiger partial charge in [-0.1, -0.05) is 36.4 Å². The summed E-state index contributed by atoms with van der Waals surface area (Å²) < 4.78 is 26.9. The molecule has 0 aliphatic carbocycles. The maximum Gasteiger partial charge on any atom is 0.224 e. The average molecular weight is 376 g/mol. The number of benzene rings is 2. The van der Waals surface area contributed by atoms with E-state index in [9.17, 15) is 18.3 Å². The lowest BCUT2D eigenvalue weighted by atomic mass is 10.1. The van der Waals surface area contributed by atoms with Crippen molar-refractivity contribution in [3.8, 4) is 5.75 Å². The van der Waals surface area contributed by atoms with Gasteiger partial charge in [0.2, 0.25) is 15.9 Å². The van der Waals surface area contributed by atoms with Crippen molar-refractivity contribution in [1.29, 1.82) is 0 Å². The van der Waals surface area contributed by atoms with Gasteiger partial charge in [0.05, 0.1) is 12.2 Å². The smallest absolute Gasteiger partial charge is 0.224 e. The lowest BCUT2D eigenvalue weighted by Gasteiger charge is -2.13. The molecule has 0 heterocycles. The zero-order valence-corrected chi connectivity index (χ0v) is 15.7. The van der Waals surface area contributed by atoms with Gasteiger partial charge in [-0.25, -0.2) is 13.1 Å². The second-order valence-electron chi connectivity index (χ2n) is 6.42. The fraction of sp³-hybridized carbons (Fsp3) is 0.316. The van der Waals surface area contributed by atoms with E-state index in [1.807, 2.05) is 6.07 Å². The number of hydrogen-bond donors (Lipinski definition) is 3. The highest BCUT2D eigenvalue weighted by atomic mass is 32.2. The molecule has 140 valence electrons. The van der Waals surface area contributed by atoms with Crippen LogP contribution < -0.4 is 10.0 Å². The number of hydrogen-bond acceptors (Lipinski definition) is 4. The number of nitrogens with one attached hydrogen (secondary N) is 2. The minimum absolute atomic E-state index is 0.130. The average Bonchev–Trinajstić information content (AvgIpc) is 2.54. The third-order valence-corrected chi connectivity index (χ3v) is 5.18. The third kappa shape index (κ3) is 6.50. The van der Waals surface area contributed by atoms with Gasteiger partial charge in [-0.15, -0.1) is 0 Å². The summed E-state index contributed by atoms with van der Waals surface area (Å²) in [5.41, 5.74) is 2.21. The summed E-state index contributed by atoms with van der Waals surface area (Å²) in [7, 11) is -3.43. The number of sulfonamides is 1. The summed E-state index contributed by atoms with van der Waals surface area (Å²) in [6.45, 7) is 3.80. The topological polar surface area (TPSA) is 95.5 Å². The van der Waals surface area contributed by atoms with Gasteiger partial charge in [0.15, 0.2) is 0 Å². The molecule has 0 radical (unpaired) electrons. The molecule has 3 N–H and O–H groups in total. The summed E-state index contributed by atoms with van der Waals surface area (Å²) in [5, 5.41) is 12.1. The van der Waals surface area contributed by atoms with Crippen LogP contribution in [0.2, 0.25) is 0 Å². The van der Waals surface area contributed by atoms with Crippen molar-refractivity contribution in [2.24, 2.45) is 0 Å². The standard InChI is InChI=1S/C19H24N2O4S/c1-14(2)21-26(24,25)13-17-6-4-3-5-16(17)12-20-19(23)11-15-7-9-18(22)10-8-15/h3-10,14,21-22H,11-13H2,1-2H3,(H,20,23). The molecule has 2 aromatic rings. The maximum absolute atomic E-state index is 12.2. The van der Waals surface area contributed by atoms with E-state index >= 15 is 0 Å². The quantitative estimate of drug-likeness (QED) is 0.657. The Balaban J connectivity index is 1.99. The third-order valence-electron chi connectivity index (χ3n) is 3.66. The summed E-state index contributed by atoms with van der Waals surface area (Å²) in [4.78, 5) is 12.1. The second-order valence-corrected chi connectivity index (χ2v) is 8.17. The van der Waals surface area contributed by atoms with Crippen LogP contribution >= 0.6 is 0 Å². The van der Waals surface area contributed by atoms with Crippen molar-refractivity contribution in [3.05, 3.63) is 65.2 Å². The van der Waals surface area contributed by atoms with Crippen molar-refractivity contribution in [2.75, 3.05) is 0 Å². The number of phenols is 1. The Hall–Kier alpha value is -2.38. The molecule has 0 aromatic heterocycles. The Kier molecular flexibility index (Phi) is 6.76. The summed E-state index contributed by atoms with van der Waals surface area (Å²) >= 11 is 0. The molecule has 0 bridgehead atoms. The predicted molar refractivity (Wildman–Crippen MR) is 101 cm³/mol. The first-order valence-electron chi connectivity index (χ1n) is 8.36. The first-order chi connectivity index (χ1) is 12.2. The van der Waals surface area contributed by atoms with Crippen LogP contribution in [0.4, 0.5) is 0 Å². The first-order valence-corrected chi connectivity index (χ1v) is 10.0. The number of carbonyl (C=O) groups excluding carboxylic acids is 1. The van der Waals surface area contributed by atoms with Crippen molar-refractivity contribution >= 4 is 15.9 Å². The zero-order valence-electron chi connectivity index (χ0n) is 14.9. The highest BCUT2D eigenvalue weighted by Crippen LogP contribution is 2.13. The molecule has 0 unspecified atom stereocenters. The fourth-order valence-corrected chi connectivity index (χ4v) is 4.02. The molecular weight excluding hydrogens is 352 g/mol. The fourth-order valence-electron chi connectivity index (χ4n) is 2.53. The molecule has 0 aliphatic rings. The van der Waals surface area contributed by atoms with Gasteiger partial charge in [0, 0.05) is 12.6 Å². The zero-order chi connectivity index (χ0) is 19.2. The van der Waals surface area contributed by atoms with Crippen LogP contribution in [0.25, 0.3) is 0 Å².